The molecule has 0 spiro atoms. The summed E-state index contributed by atoms with van der Waals surface area (Å²) in [5.74, 6) is -0.550. The Bertz CT molecular complexity index is 1210. The lowest BCUT2D eigenvalue weighted by atomic mass is 9.69. The van der Waals surface area contributed by atoms with Crippen LogP contribution in [0.5, 0.6) is 23.0 Å². The number of methoxy groups -OCH3 is 4. The maximum Gasteiger partial charge on any atom is 0.335 e. The first-order valence-corrected chi connectivity index (χ1v) is 13.7. The van der Waals surface area contributed by atoms with E-state index in [1.807, 2.05) is 30.3 Å². The van der Waals surface area contributed by atoms with Crippen LogP contribution in [-0.4, -0.2) is 98.0 Å². The number of aliphatic hydroxyl groups is 2. The minimum atomic E-state index is -2.27. The molecule has 2 aromatic rings. The highest BCUT2D eigenvalue weighted by atomic mass is 16.5. The van der Waals surface area contributed by atoms with E-state index in [1.165, 1.54) is 5.56 Å². The normalized spacial score (nSPS) is 13.5. The van der Waals surface area contributed by atoms with E-state index in [4.69, 9.17) is 39.4 Å². The minimum Gasteiger partial charge on any atom is -0.493 e. The Hall–Kier alpha value is -4.05. The molecule has 0 fully saturated rings. The van der Waals surface area contributed by atoms with E-state index < -0.39 is 29.6 Å². The number of likely N-dealkylation sites (N-methyl/N-ethyl adjacent to an activating group) is 1. The maximum absolute atomic E-state index is 10.2. The molecule has 0 amide bonds. The molecule has 3 atom stereocenters. The zero-order valence-corrected chi connectivity index (χ0v) is 25.9. The van der Waals surface area contributed by atoms with E-state index in [1.54, 1.807) is 28.4 Å². The van der Waals surface area contributed by atoms with Crippen molar-refractivity contribution in [2.75, 3.05) is 48.6 Å². The standard InChI is InChI=1S/C27H38N2O4.C4H6O6/c1-20(2)27(19-28,22-10-12-24(31-5)26(18-22)33-7)14-8-15-29(3)16-13-21-9-11-23(30-4)25(17-21)32-6;5-1(3(7)8)2(6)4(9)10/h9-12,17-18,20H,8,13-16H2,1-7H3;1-2,5-6H,(H,7,8)(H,9,10)/t27-;/m0./s1. The molecule has 12 nitrogen and oxygen atoms in total. The molecule has 12 heteroatoms. The van der Waals surface area contributed by atoms with E-state index in [2.05, 4.69) is 37.9 Å². The van der Waals surface area contributed by atoms with Crippen LogP contribution >= 0.6 is 0 Å². The van der Waals surface area contributed by atoms with E-state index in [-0.39, 0.29) is 5.92 Å². The van der Waals surface area contributed by atoms with Crippen LogP contribution in [0, 0.1) is 17.2 Å². The predicted octanol–water partition coefficient (Wildman–Crippen LogP) is 2.97. The summed E-state index contributed by atoms with van der Waals surface area (Å²) in [6, 6.07) is 14.5. The Morgan fingerprint density at radius 3 is 1.77 bits per heavy atom. The lowest BCUT2D eigenvalue weighted by Gasteiger charge is -2.32. The molecule has 0 saturated carbocycles. The van der Waals surface area contributed by atoms with Crippen molar-refractivity contribution in [3.05, 3.63) is 47.5 Å². The fourth-order valence-electron chi connectivity index (χ4n) is 4.50. The molecular weight excluding hydrogens is 560 g/mol. The Morgan fingerprint density at radius 1 is 0.837 bits per heavy atom. The van der Waals surface area contributed by atoms with Crippen LogP contribution in [0.3, 0.4) is 0 Å². The van der Waals surface area contributed by atoms with Crippen molar-refractivity contribution in [3.63, 3.8) is 0 Å². The third kappa shape index (κ3) is 10.3. The van der Waals surface area contributed by atoms with Gasteiger partial charge in [0.1, 0.15) is 0 Å². The van der Waals surface area contributed by atoms with Gasteiger partial charge in [-0.05, 0) is 74.2 Å². The van der Waals surface area contributed by atoms with Gasteiger partial charge in [0, 0.05) is 6.54 Å². The van der Waals surface area contributed by atoms with Gasteiger partial charge < -0.3 is 44.3 Å². The van der Waals surface area contributed by atoms with Gasteiger partial charge in [-0.1, -0.05) is 26.0 Å². The van der Waals surface area contributed by atoms with E-state index in [0.717, 1.165) is 49.4 Å². The fourth-order valence-corrected chi connectivity index (χ4v) is 4.50. The van der Waals surface area contributed by atoms with Crippen molar-refractivity contribution in [3.8, 4) is 29.1 Å². The summed E-state index contributed by atoms with van der Waals surface area (Å²) in [5, 5.41) is 42.8. The van der Waals surface area contributed by atoms with E-state index in [0.29, 0.717) is 11.5 Å². The van der Waals surface area contributed by atoms with Crippen molar-refractivity contribution < 1.29 is 49.0 Å². The Labute approximate surface area is 253 Å². The molecule has 0 aliphatic rings. The third-order valence-electron chi connectivity index (χ3n) is 7.23. The summed E-state index contributed by atoms with van der Waals surface area (Å²) >= 11 is 0. The Kier molecular flexibility index (Phi) is 15.3. The number of nitriles is 1. The van der Waals surface area contributed by atoms with Crippen molar-refractivity contribution in [1.82, 2.24) is 4.90 Å². The second kappa shape index (κ2) is 17.8. The molecule has 0 aliphatic heterocycles. The number of aliphatic hydroxyl groups excluding tert-OH is 2. The Morgan fingerprint density at radius 2 is 1.33 bits per heavy atom. The van der Waals surface area contributed by atoms with Gasteiger partial charge in [-0.2, -0.15) is 5.26 Å². The second-order valence-electron chi connectivity index (χ2n) is 10.2. The third-order valence-corrected chi connectivity index (χ3v) is 7.23. The number of benzene rings is 2. The topological polar surface area (TPSA) is 179 Å². The van der Waals surface area contributed by atoms with Crippen LogP contribution in [0.4, 0.5) is 0 Å². The van der Waals surface area contributed by atoms with Gasteiger partial charge >= 0.3 is 11.9 Å². The molecule has 0 bridgehead atoms. The lowest BCUT2D eigenvalue weighted by Crippen LogP contribution is -2.39. The predicted molar refractivity (Wildman–Crippen MR) is 159 cm³/mol. The molecule has 2 aromatic carbocycles. The summed E-state index contributed by atoms with van der Waals surface area (Å²) in [7, 11) is 8.67. The molecule has 0 radical (unpaired) electrons. The average Bonchev–Trinajstić information content (AvgIpc) is 3.00. The Balaban J connectivity index is 0.000000790. The first kappa shape index (κ1) is 37.0. The number of carbonyl (C=O) groups is 2. The SMILES string of the molecule is COc1ccc(CCN(C)CCC[C@@](C#N)(c2ccc(OC)c(OC)c2)C(C)C)cc1OC.O=C(O)C(O)C(O)C(=O)O. The highest BCUT2D eigenvalue weighted by Crippen LogP contribution is 2.40. The van der Waals surface area contributed by atoms with Gasteiger partial charge in [0.15, 0.2) is 35.2 Å². The molecule has 2 unspecified atom stereocenters. The smallest absolute Gasteiger partial charge is 0.335 e. The number of carboxylic acid groups (broad SMARTS) is 2. The summed E-state index contributed by atoms with van der Waals surface area (Å²) in [4.78, 5) is 21.9. The molecule has 43 heavy (non-hydrogen) atoms. The van der Waals surface area contributed by atoms with E-state index >= 15 is 0 Å². The average molecular weight is 605 g/mol. The number of hydrogen-bond donors (Lipinski definition) is 4. The molecule has 238 valence electrons. The van der Waals surface area contributed by atoms with Gasteiger partial charge in [-0.15, -0.1) is 0 Å². The maximum atomic E-state index is 10.2. The first-order valence-electron chi connectivity index (χ1n) is 13.7. The minimum absolute atomic E-state index is 0.165. The van der Waals surface area contributed by atoms with E-state index in [9.17, 15) is 14.9 Å². The van der Waals surface area contributed by atoms with Crippen LogP contribution in [0.25, 0.3) is 0 Å². The highest BCUT2D eigenvalue weighted by molar-refractivity contribution is 5.83. The zero-order valence-electron chi connectivity index (χ0n) is 25.9. The van der Waals surface area contributed by atoms with Crippen LogP contribution in [-0.2, 0) is 21.4 Å². The number of carboxylic acids is 2. The van der Waals surface area contributed by atoms with Crippen molar-refractivity contribution in [1.29, 1.82) is 5.26 Å². The number of rotatable bonds is 16. The fraction of sp³-hybridized carbons (Fsp3) is 0.516. The molecule has 0 saturated heterocycles. The van der Waals surface area contributed by atoms with Gasteiger partial charge in [0.2, 0.25) is 0 Å². The van der Waals surface area contributed by atoms with Crippen molar-refractivity contribution in [2.45, 2.75) is 50.7 Å². The van der Waals surface area contributed by atoms with Crippen LogP contribution < -0.4 is 18.9 Å². The van der Waals surface area contributed by atoms with Gasteiger partial charge in [-0.3, -0.25) is 0 Å². The highest BCUT2D eigenvalue weighted by Gasteiger charge is 2.36. The number of aliphatic carboxylic acids is 2. The van der Waals surface area contributed by atoms with Crippen molar-refractivity contribution in [2.24, 2.45) is 5.92 Å². The van der Waals surface area contributed by atoms with Gasteiger partial charge in [0.25, 0.3) is 0 Å². The second-order valence-corrected chi connectivity index (χ2v) is 10.2. The zero-order chi connectivity index (χ0) is 32.7. The quantitative estimate of drug-likeness (QED) is 0.220. The van der Waals surface area contributed by atoms with Crippen LogP contribution in [0.2, 0.25) is 0 Å². The van der Waals surface area contributed by atoms with Crippen LogP contribution in [0.1, 0.15) is 37.8 Å². The summed E-state index contributed by atoms with van der Waals surface area (Å²) in [6.07, 6.45) is -1.92. The number of ether oxygens (including phenoxy) is 4. The molecule has 0 aliphatic carbocycles. The van der Waals surface area contributed by atoms with Gasteiger partial charge in [0.05, 0.1) is 39.9 Å². The molecule has 2 rings (SSSR count). The lowest BCUT2D eigenvalue weighted by molar-refractivity contribution is -0.165. The molecule has 0 heterocycles. The summed E-state index contributed by atoms with van der Waals surface area (Å²) in [6.45, 7) is 6.06. The van der Waals surface area contributed by atoms with Crippen LogP contribution in [0.15, 0.2) is 36.4 Å². The molecule has 4 N–H and O–H groups in total. The number of nitrogens with zero attached hydrogens (tertiary/aromatic N) is 2. The van der Waals surface area contributed by atoms with Crippen molar-refractivity contribution >= 4 is 11.9 Å². The molecular formula is C31H44N2O10. The summed E-state index contributed by atoms with van der Waals surface area (Å²) in [5.41, 5.74) is 1.60. The molecule has 0 aromatic heterocycles. The summed E-state index contributed by atoms with van der Waals surface area (Å²) < 4.78 is 21.6. The van der Waals surface area contributed by atoms with Gasteiger partial charge in [-0.25, -0.2) is 9.59 Å². The number of hydrogen-bond acceptors (Lipinski definition) is 10. The largest absolute Gasteiger partial charge is 0.493 e. The monoisotopic (exact) mass is 604 g/mol. The first-order chi connectivity index (χ1) is 20.3.